The highest BCUT2D eigenvalue weighted by Crippen LogP contribution is 2.33. The smallest absolute Gasteiger partial charge is 0.254 e. The lowest BCUT2D eigenvalue weighted by atomic mass is 9.95. The molecule has 2 aliphatic rings. The average molecular weight is 1970 g/mol. The molecule has 0 atom stereocenters. The van der Waals surface area contributed by atoms with E-state index in [9.17, 15) is 14.4 Å². The van der Waals surface area contributed by atoms with Crippen molar-refractivity contribution in [3.05, 3.63) is 421 Å². The van der Waals surface area contributed by atoms with E-state index in [1.54, 1.807) is 46.3 Å². The number of nitrogens with zero attached hydrogens (tertiary/aromatic N) is 13. The van der Waals surface area contributed by atoms with Crippen molar-refractivity contribution in [1.82, 2.24) is 59.0 Å². The number of fused-ring (bicyclic) bond motifs is 11. The van der Waals surface area contributed by atoms with Gasteiger partial charge in [0.15, 0.2) is 0 Å². The molecule has 0 saturated heterocycles. The van der Waals surface area contributed by atoms with Gasteiger partial charge in [-0.1, -0.05) is 294 Å². The van der Waals surface area contributed by atoms with Crippen LogP contribution in [0.4, 0.5) is 5.82 Å². The first kappa shape index (κ1) is 111. The Morgan fingerprint density at radius 1 is 0.306 bits per heavy atom. The summed E-state index contributed by atoms with van der Waals surface area (Å²) in [6, 6.07) is 99.2. The number of pyridine rings is 11. The van der Waals surface area contributed by atoms with Crippen LogP contribution in [-0.2, 0) is 31.1 Å². The number of amides is 1. The lowest BCUT2D eigenvalue weighted by molar-refractivity contribution is -0.117. The Morgan fingerprint density at radius 2 is 0.810 bits per heavy atom. The van der Waals surface area contributed by atoms with Gasteiger partial charge < -0.3 is 9.13 Å². The predicted molar refractivity (Wildman–Crippen MR) is 623 cm³/mol. The molecular formula is C130H149N13O3S. The third kappa shape index (κ3) is 30.6. The molecule has 16 nitrogen and oxygen atoms in total. The van der Waals surface area contributed by atoms with Gasteiger partial charge in [-0.05, 0) is 269 Å². The van der Waals surface area contributed by atoms with Crippen molar-refractivity contribution < 1.29 is 4.79 Å². The molecule has 8 aromatic carbocycles. The summed E-state index contributed by atoms with van der Waals surface area (Å²) in [6.07, 6.45) is 14.8. The third-order valence-electron chi connectivity index (χ3n) is 25.7. The highest BCUT2D eigenvalue weighted by Gasteiger charge is 2.30. The van der Waals surface area contributed by atoms with E-state index in [4.69, 9.17) is 4.98 Å². The Bertz CT molecular complexity index is 7660. The Balaban J connectivity index is 0.000000144. The van der Waals surface area contributed by atoms with Crippen LogP contribution in [0, 0.1) is 13.8 Å². The van der Waals surface area contributed by atoms with Crippen molar-refractivity contribution in [1.29, 1.82) is 0 Å². The number of hydrogen-bond acceptors (Lipinski definition) is 14. The summed E-state index contributed by atoms with van der Waals surface area (Å²) in [6.45, 7) is 51.2. The topological polar surface area (TPSA) is 193 Å². The van der Waals surface area contributed by atoms with Gasteiger partial charge >= 0.3 is 0 Å². The van der Waals surface area contributed by atoms with Crippen LogP contribution in [0.5, 0.6) is 0 Å². The first-order chi connectivity index (χ1) is 70.5. The van der Waals surface area contributed by atoms with Gasteiger partial charge in [0, 0.05) is 140 Å². The van der Waals surface area contributed by atoms with Crippen LogP contribution in [0.15, 0.2) is 332 Å². The second-order valence-electron chi connectivity index (χ2n) is 41.1. The van der Waals surface area contributed by atoms with Crippen molar-refractivity contribution in [2.75, 3.05) is 4.90 Å². The zero-order chi connectivity index (χ0) is 106. The molecule has 0 N–H and O–H groups in total. The third-order valence-corrected chi connectivity index (χ3v) is 27.1. The van der Waals surface area contributed by atoms with Crippen molar-refractivity contribution in [2.24, 2.45) is 7.05 Å². The molecule has 0 fully saturated rings. The fraction of sp³-hybridized carbons (Fsp3) is 0.315. The van der Waals surface area contributed by atoms with E-state index in [1.165, 1.54) is 141 Å². The number of benzene rings is 8. The van der Waals surface area contributed by atoms with Gasteiger partial charge in [0.2, 0.25) is 5.91 Å². The standard InChI is InChI=1S/2C13H15N.C12H14N2O.C12H13NO.2C12H13N.C12H17N.2C12H13N.C10H12N2O.C10H11NS/c1-9(2)12-7-5-11-8-10(3)4-6-13(11)14-12;1-9(2)12-7-6-11-5-4-10(3)8-13(11)14-12;1-8(2)9-7-10-11(5-4-6-13-10)14(3)12(9)15;1-9(2)13-11-6-4-3-5-10(11)7-8-12(13)14;1-9(2)12-7-10-5-3-4-6-11(10)8-13-12;1-9(2)10-7-8-13-12-6-4-3-5-11(10)12;2*1-9(2)11-8-7-10-5-3-4-6-12(10)13-11;1-9(2)12-11-6-4-3-5-10(11)7-8-13-12;1-7(2)12-9(13)6-8-4-3-5-11-10(8)12;1-7(2)10-11-8-5-3-4-6-9(8)12-10/h2*4-9H,1-3H3;4-8H,1-3H3;3-9H,1-2H3;2*3-9H,1-2H3;7-9H,3-6H2,1-2H3;2*3-9H,1-2H3;3-5,7H,6H2,1-2H3;3-7H,1-2H3. The number of rotatable bonds is 11. The molecule has 1 aliphatic carbocycles. The summed E-state index contributed by atoms with van der Waals surface area (Å²) in [5.74, 6) is 5.39. The number of hydrogen-bond donors (Lipinski definition) is 0. The Hall–Kier alpha value is -14.6. The van der Waals surface area contributed by atoms with Crippen molar-refractivity contribution in [2.45, 2.75) is 264 Å². The molecule has 147 heavy (non-hydrogen) atoms. The number of thiazole rings is 1. The lowest BCUT2D eigenvalue weighted by Gasteiger charge is -2.20. The fourth-order valence-electron chi connectivity index (χ4n) is 17.4. The maximum absolute atomic E-state index is 12.0. The van der Waals surface area contributed by atoms with Crippen LogP contribution in [0.2, 0.25) is 0 Å². The molecule has 1 amide bonds. The number of carbonyl (C=O) groups excluding carboxylic acids is 1. The molecule has 0 saturated carbocycles. The van der Waals surface area contributed by atoms with E-state index >= 15 is 0 Å². The van der Waals surface area contributed by atoms with Crippen LogP contribution in [0.1, 0.15) is 303 Å². The van der Waals surface area contributed by atoms with Crippen molar-refractivity contribution >= 4 is 120 Å². The highest BCUT2D eigenvalue weighted by atomic mass is 32.1. The molecule has 0 spiro atoms. The van der Waals surface area contributed by atoms with Gasteiger partial charge in [-0.15, -0.1) is 11.3 Å². The lowest BCUT2D eigenvalue weighted by Crippen LogP contribution is -2.33. The molecule has 0 unspecified atom stereocenters. The first-order valence-electron chi connectivity index (χ1n) is 52.3. The van der Waals surface area contributed by atoms with Gasteiger partial charge in [-0.2, -0.15) is 0 Å². The Kier molecular flexibility index (Phi) is 40.5. The number of anilines is 1. The number of carbonyl (C=O) groups is 1. The largest absolute Gasteiger partial charge is 0.310 e. The molecule has 17 heteroatoms. The molecule has 12 aromatic heterocycles. The molecule has 20 aromatic rings. The molecule has 758 valence electrons. The Morgan fingerprint density at radius 3 is 1.45 bits per heavy atom. The monoisotopic (exact) mass is 1970 g/mol. The minimum Gasteiger partial charge on any atom is -0.310 e. The van der Waals surface area contributed by atoms with E-state index in [-0.39, 0.29) is 35.0 Å². The summed E-state index contributed by atoms with van der Waals surface area (Å²) < 4.78 is 4.77. The van der Waals surface area contributed by atoms with Gasteiger partial charge in [-0.3, -0.25) is 59.2 Å². The second kappa shape index (κ2) is 53.5. The van der Waals surface area contributed by atoms with Gasteiger partial charge in [0.25, 0.3) is 11.1 Å². The predicted octanol–water partition coefficient (Wildman–Crippen LogP) is 33.3. The summed E-state index contributed by atoms with van der Waals surface area (Å²) in [4.78, 5) is 81.6. The van der Waals surface area contributed by atoms with Crippen molar-refractivity contribution in [3.63, 3.8) is 0 Å². The normalized spacial score (nSPS) is 11.9. The molecule has 1 aliphatic heterocycles. The van der Waals surface area contributed by atoms with Crippen LogP contribution >= 0.6 is 11.3 Å². The molecule has 22 rings (SSSR count). The van der Waals surface area contributed by atoms with E-state index < -0.39 is 0 Å². The van der Waals surface area contributed by atoms with Crippen LogP contribution in [-0.4, -0.2) is 70.9 Å². The van der Waals surface area contributed by atoms with Gasteiger partial charge in [0.1, 0.15) is 5.82 Å². The minimum atomic E-state index is 0.0682. The molecular weight excluding hydrogens is 1820 g/mol. The summed E-state index contributed by atoms with van der Waals surface area (Å²) in [5, 5.41) is 12.3. The van der Waals surface area contributed by atoms with E-state index in [1.807, 2.05) is 156 Å². The first-order valence-corrected chi connectivity index (χ1v) is 53.1. The van der Waals surface area contributed by atoms with Crippen LogP contribution in [0.25, 0.3) is 97.3 Å². The zero-order valence-electron chi connectivity index (χ0n) is 90.9. The SMILES string of the molecule is CC(C)N1C(=O)Cc2cccnc21.CC(C)c1cc2ccccc2cn1.CC(C)c1cc2ncccc2n(C)c1=O.CC(C)c1ccc2c(n1)CCCC2.CC(C)c1ccc2ccccc2n1.CC(C)c1ccnc2ccccc12.CC(C)c1nc2ccccc2s1.CC(C)c1nccc2ccccc12.CC(C)n1c(=O)ccc2ccccc21.Cc1ccc2ccc(C(C)C)nc2c1.Cc1ccc2nc(C(C)C)ccc2c1. The maximum atomic E-state index is 12.0. The van der Waals surface area contributed by atoms with Gasteiger partial charge in [-0.25, -0.2) is 9.97 Å². The number of para-hydroxylation sites is 4. The second-order valence-corrected chi connectivity index (χ2v) is 42.2. The highest BCUT2D eigenvalue weighted by molar-refractivity contribution is 7.18. The zero-order valence-corrected chi connectivity index (χ0v) is 91.7. The molecule has 13 heterocycles. The quantitative estimate of drug-likeness (QED) is 0.119. The summed E-state index contributed by atoms with van der Waals surface area (Å²) in [5.41, 5.74) is 24.2. The molecule has 0 radical (unpaired) electrons. The minimum absolute atomic E-state index is 0.0682. The summed E-state index contributed by atoms with van der Waals surface area (Å²) in [7, 11) is 1.79. The number of aromatic nitrogens is 12. The van der Waals surface area contributed by atoms with Gasteiger partial charge in [0.05, 0.1) is 66.0 Å². The maximum Gasteiger partial charge on any atom is 0.254 e. The van der Waals surface area contributed by atoms with E-state index in [0.717, 1.165) is 66.5 Å². The van der Waals surface area contributed by atoms with E-state index in [2.05, 4.69) is 364 Å². The molecule has 0 bridgehead atoms. The summed E-state index contributed by atoms with van der Waals surface area (Å²) >= 11 is 1.79. The van der Waals surface area contributed by atoms with Crippen LogP contribution < -0.4 is 16.0 Å². The van der Waals surface area contributed by atoms with Crippen molar-refractivity contribution in [3.8, 4) is 0 Å². The van der Waals surface area contributed by atoms with E-state index in [0.29, 0.717) is 53.8 Å². The Labute approximate surface area is 874 Å². The fourth-order valence-corrected chi connectivity index (χ4v) is 18.4. The number of aryl methyl sites for hydroxylation is 5. The average Bonchev–Trinajstić information content (AvgIpc) is 1.11. The van der Waals surface area contributed by atoms with Crippen LogP contribution in [0.3, 0.4) is 0 Å².